The highest BCUT2D eigenvalue weighted by Crippen LogP contribution is 2.25. The predicted molar refractivity (Wildman–Crippen MR) is 72.1 cm³/mol. The monoisotopic (exact) mass is 342 g/mol. The van der Waals surface area contributed by atoms with E-state index < -0.39 is 10.8 Å². The number of aromatic amines is 1. The molecule has 9 nitrogen and oxygen atoms in total. The molecule has 0 aliphatic carbocycles. The van der Waals surface area contributed by atoms with Gasteiger partial charge in [0.05, 0.1) is 5.69 Å². The molecule has 2 aromatic rings. The Morgan fingerprint density at radius 1 is 1.65 bits per heavy atom. The van der Waals surface area contributed by atoms with Gasteiger partial charge in [0.2, 0.25) is 0 Å². The first-order chi connectivity index (χ1) is 9.40. The predicted octanol–water partition coefficient (Wildman–Crippen LogP) is 1.05. The fourth-order valence-corrected chi connectivity index (χ4v) is 2.17. The van der Waals surface area contributed by atoms with Crippen LogP contribution < -0.4 is 5.32 Å². The minimum atomic E-state index is -0.654. The Morgan fingerprint density at radius 2 is 2.35 bits per heavy atom. The van der Waals surface area contributed by atoms with Crippen molar-refractivity contribution in [3.63, 3.8) is 0 Å². The smallest absolute Gasteiger partial charge is 0.357 e. The van der Waals surface area contributed by atoms with Crippen molar-refractivity contribution in [2.45, 2.75) is 13.5 Å². The highest BCUT2D eigenvalue weighted by Gasteiger charge is 2.24. The summed E-state index contributed by atoms with van der Waals surface area (Å²) in [6.07, 6.45) is 1.79. The first kappa shape index (κ1) is 14.2. The zero-order valence-electron chi connectivity index (χ0n) is 10.7. The molecule has 0 saturated heterocycles. The Balaban J connectivity index is 2.09. The Hall–Kier alpha value is -2.23. The average Bonchev–Trinajstić information content (AvgIpc) is 2.89. The standard InChI is InChI=1S/C10H11BrN6O3/c1-5-6(4-16(2)15-5)3-12-10(18)8-7(11)9(14-13-8)17(19)20/h4H,3H2,1-2H3,(H,12,18)(H,13,14). The molecule has 0 fully saturated rings. The quantitative estimate of drug-likeness (QED) is 0.635. The molecule has 0 aliphatic heterocycles. The number of rotatable bonds is 4. The molecule has 106 valence electrons. The third kappa shape index (κ3) is 2.69. The fraction of sp³-hybridized carbons (Fsp3) is 0.300. The number of carbonyl (C=O) groups is 1. The van der Waals surface area contributed by atoms with E-state index in [9.17, 15) is 14.9 Å². The molecule has 0 aliphatic rings. The van der Waals surface area contributed by atoms with Gasteiger partial charge in [-0.1, -0.05) is 5.10 Å². The molecule has 1 amide bonds. The van der Waals surface area contributed by atoms with E-state index >= 15 is 0 Å². The molecule has 0 saturated carbocycles. The van der Waals surface area contributed by atoms with E-state index in [4.69, 9.17) is 0 Å². The number of H-pyrrole nitrogens is 1. The topological polar surface area (TPSA) is 119 Å². The highest BCUT2D eigenvalue weighted by molar-refractivity contribution is 9.10. The van der Waals surface area contributed by atoms with E-state index in [1.54, 1.807) is 17.9 Å². The number of amides is 1. The molecule has 0 atom stereocenters. The summed E-state index contributed by atoms with van der Waals surface area (Å²) in [5.74, 6) is -0.864. The molecular weight excluding hydrogens is 332 g/mol. The Labute approximate surface area is 121 Å². The van der Waals surface area contributed by atoms with E-state index in [1.807, 2.05) is 6.92 Å². The van der Waals surface area contributed by atoms with Crippen LogP contribution in [-0.2, 0) is 13.6 Å². The second-order valence-electron chi connectivity index (χ2n) is 4.09. The molecule has 2 aromatic heterocycles. The number of hydrogen-bond donors (Lipinski definition) is 2. The van der Waals surface area contributed by atoms with Crippen LogP contribution in [0.15, 0.2) is 10.7 Å². The summed E-state index contributed by atoms with van der Waals surface area (Å²) in [6.45, 7) is 2.10. The lowest BCUT2D eigenvalue weighted by molar-refractivity contribution is -0.390. The van der Waals surface area contributed by atoms with Gasteiger partial charge in [0.25, 0.3) is 5.91 Å². The van der Waals surface area contributed by atoms with Crippen LogP contribution in [0.25, 0.3) is 0 Å². The van der Waals surface area contributed by atoms with Crippen molar-refractivity contribution >= 4 is 27.7 Å². The fourth-order valence-electron chi connectivity index (χ4n) is 1.67. The number of halogens is 1. The number of aromatic nitrogens is 4. The van der Waals surface area contributed by atoms with Crippen molar-refractivity contribution in [3.05, 3.63) is 37.7 Å². The molecule has 20 heavy (non-hydrogen) atoms. The molecule has 0 unspecified atom stereocenters. The zero-order chi connectivity index (χ0) is 14.9. The summed E-state index contributed by atoms with van der Waals surface area (Å²) in [7, 11) is 1.78. The zero-order valence-corrected chi connectivity index (χ0v) is 12.3. The number of nitro groups is 1. The summed E-state index contributed by atoms with van der Waals surface area (Å²) in [5, 5.41) is 23.3. The second kappa shape index (κ2) is 5.41. The maximum absolute atomic E-state index is 11.9. The molecule has 0 spiro atoms. The number of nitrogens with one attached hydrogen (secondary N) is 2. The minimum Gasteiger partial charge on any atom is -0.358 e. The van der Waals surface area contributed by atoms with Gasteiger partial charge in [-0.05, 0) is 27.8 Å². The molecule has 0 bridgehead atoms. The SMILES string of the molecule is Cc1nn(C)cc1CNC(=O)c1n[nH]c([N+](=O)[O-])c1Br. The van der Waals surface area contributed by atoms with Gasteiger partial charge in [0, 0.05) is 25.4 Å². The van der Waals surface area contributed by atoms with Gasteiger partial charge in [-0.2, -0.15) is 5.10 Å². The van der Waals surface area contributed by atoms with Crippen LogP contribution in [0, 0.1) is 17.0 Å². The van der Waals surface area contributed by atoms with Gasteiger partial charge >= 0.3 is 5.82 Å². The molecule has 0 radical (unpaired) electrons. The Morgan fingerprint density at radius 3 is 2.85 bits per heavy atom. The largest absolute Gasteiger partial charge is 0.358 e. The first-order valence-electron chi connectivity index (χ1n) is 5.55. The maximum atomic E-state index is 11.9. The normalized spacial score (nSPS) is 10.6. The van der Waals surface area contributed by atoms with Crippen molar-refractivity contribution in [2.75, 3.05) is 0 Å². The van der Waals surface area contributed by atoms with E-state index in [2.05, 4.69) is 36.5 Å². The Kier molecular flexibility index (Phi) is 3.84. The lowest BCUT2D eigenvalue weighted by Gasteiger charge is -2.01. The van der Waals surface area contributed by atoms with Crippen LogP contribution in [0.2, 0.25) is 0 Å². The van der Waals surface area contributed by atoms with Gasteiger partial charge in [0.1, 0.15) is 4.47 Å². The van der Waals surface area contributed by atoms with Crippen LogP contribution in [0.5, 0.6) is 0 Å². The third-order valence-electron chi connectivity index (χ3n) is 2.64. The number of nitrogens with zero attached hydrogens (tertiary/aromatic N) is 4. The lowest BCUT2D eigenvalue weighted by atomic mass is 10.2. The molecule has 10 heteroatoms. The van der Waals surface area contributed by atoms with Gasteiger partial charge in [-0.25, -0.2) is 0 Å². The summed E-state index contributed by atoms with van der Waals surface area (Å²) in [4.78, 5) is 21.9. The van der Waals surface area contributed by atoms with Gasteiger partial charge in [-0.15, -0.1) is 5.10 Å². The highest BCUT2D eigenvalue weighted by atomic mass is 79.9. The van der Waals surface area contributed by atoms with E-state index in [0.717, 1.165) is 11.3 Å². The molecule has 0 aromatic carbocycles. The summed E-state index contributed by atoms with van der Waals surface area (Å²) in [6, 6.07) is 0. The van der Waals surface area contributed by atoms with Gasteiger partial charge < -0.3 is 15.4 Å². The lowest BCUT2D eigenvalue weighted by Crippen LogP contribution is -2.23. The second-order valence-corrected chi connectivity index (χ2v) is 4.88. The molecule has 2 N–H and O–H groups in total. The Bertz CT molecular complexity index is 677. The summed E-state index contributed by atoms with van der Waals surface area (Å²) < 4.78 is 1.68. The van der Waals surface area contributed by atoms with E-state index in [0.29, 0.717) is 0 Å². The number of hydrogen-bond acceptors (Lipinski definition) is 5. The first-order valence-corrected chi connectivity index (χ1v) is 6.35. The van der Waals surface area contributed by atoms with Crippen molar-refractivity contribution in [1.82, 2.24) is 25.3 Å². The van der Waals surface area contributed by atoms with Crippen LogP contribution in [0.1, 0.15) is 21.7 Å². The summed E-state index contributed by atoms with van der Waals surface area (Å²) >= 11 is 2.98. The van der Waals surface area contributed by atoms with E-state index in [1.165, 1.54) is 0 Å². The van der Waals surface area contributed by atoms with Crippen molar-refractivity contribution in [1.29, 1.82) is 0 Å². The van der Waals surface area contributed by atoms with Crippen molar-refractivity contribution < 1.29 is 9.72 Å². The van der Waals surface area contributed by atoms with Crippen molar-refractivity contribution in [2.24, 2.45) is 7.05 Å². The van der Waals surface area contributed by atoms with Crippen molar-refractivity contribution in [3.8, 4) is 0 Å². The number of carbonyl (C=O) groups excluding carboxylic acids is 1. The van der Waals surface area contributed by atoms with Crippen LogP contribution >= 0.6 is 15.9 Å². The number of aryl methyl sites for hydroxylation is 2. The van der Waals surface area contributed by atoms with Crippen LogP contribution in [0.3, 0.4) is 0 Å². The van der Waals surface area contributed by atoms with E-state index in [-0.39, 0.29) is 22.5 Å². The van der Waals surface area contributed by atoms with Crippen LogP contribution in [0.4, 0.5) is 5.82 Å². The molecule has 2 heterocycles. The third-order valence-corrected chi connectivity index (χ3v) is 3.39. The van der Waals surface area contributed by atoms with Gasteiger partial charge in [0.15, 0.2) is 5.69 Å². The minimum absolute atomic E-state index is 0.0305. The molecule has 2 rings (SSSR count). The molecular formula is C10H11BrN6O3. The van der Waals surface area contributed by atoms with Crippen LogP contribution in [-0.4, -0.2) is 30.8 Å². The maximum Gasteiger partial charge on any atom is 0.357 e. The average molecular weight is 343 g/mol. The summed E-state index contributed by atoms with van der Waals surface area (Å²) in [5.41, 5.74) is 1.61. The van der Waals surface area contributed by atoms with Gasteiger partial charge in [-0.3, -0.25) is 9.48 Å².